The first-order valence-corrected chi connectivity index (χ1v) is 5.92. The number of aryl methyl sites for hydroxylation is 2. The zero-order valence-electron chi connectivity index (χ0n) is 11.0. The molecule has 0 aliphatic carbocycles. The molecule has 0 unspecified atom stereocenters. The van der Waals surface area contributed by atoms with E-state index in [0.717, 1.165) is 5.56 Å². The molecule has 0 spiro atoms. The number of rotatable bonds is 3. The standard InChI is InChI=1S/C14H13N3O3/c1-8-3-6-12(15-7-8)17-13(18)11-5-4-10(14(19)20)9(2)16-11/h3-7H,1-2H3,(H,19,20)(H,15,17,18). The number of nitrogens with one attached hydrogen (secondary N) is 1. The third-order valence-corrected chi connectivity index (χ3v) is 2.70. The number of aromatic nitrogens is 2. The molecule has 0 aromatic carbocycles. The van der Waals surface area contributed by atoms with Crippen molar-refractivity contribution >= 4 is 17.7 Å². The lowest BCUT2D eigenvalue weighted by molar-refractivity contribution is 0.0695. The van der Waals surface area contributed by atoms with E-state index in [1.54, 1.807) is 19.2 Å². The molecule has 0 saturated carbocycles. The highest BCUT2D eigenvalue weighted by atomic mass is 16.4. The summed E-state index contributed by atoms with van der Waals surface area (Å²) in [6.45, 7) is 3.44. The fraction of sp³-hybridized carbons (Fsp3) is 0.143. The summed E-state index contributed by atoms with van der Waals surface area (Å²) in [6, 6.07) is 6.25. The van der Waals surface area contributed by atoms with Crippen LogP contribution in [0, 0.1) is 13.8 Å². The molecule has 0 aliphatic heterocycles. The van der Waals surface area contributed by atoms with Crippen molar-refractivity contribution in [2.45, 2.75) is 13.8 Å². The molecule has 2 N–H and O–H groups in total. The second-order valence-electron chi connectivity index (χ2n) is 4.31. The maximum atomic E-state index is 12.0. The Bertz CT molecular complexity index is 666. The van der Waals surface area contributed by atoms with Crippen LogP contribution in [0.1, 0.15) is 32.1 Å². The molecular formula is C14H13N3O3. The van der Waals surface area contributed by atoms with Gasteiger partial charge in [0, 0.05) is 6.20 Å². The molecule has 6 nitrogen and oxygen atoms in total. The molecule has 1 amide bonds. The third-order valence-electron chi connectivity index (χ3n) is 2.70. The van der Waals surface area contributed by atoms with Crippen molar-refractivity contribution in [3.8, 4) is 0 Å². The van der Waals surface area contributed by atoms with Crippen LogP contribution < -0.4 is 5.32 Å². The van der Waals surface area contributed by atoms with Crippen LogP contribution in [0.15, 0.2) is 30.5 Å². The van der Waals surface area contributed by atoms with Crippen LogP contribution in [0.3, 0.4) is 0 Å². The Balaban J connectivity index is 2.19. The van der Waals surface area contributed by atoms with Gasteiger partial charge in [-0.15, -0.1) is 0 Å². The number of anilines is 1. The van der Waals surface area contributed by atoms with E-state index in [9.17, 15) is 9.59 Å². The van der Waals surface area contributed by atoms with Crippen LogP contribution in [0.4, 0.5) is 5.82 Å². The van der Waals surface area contributed by atoms with Crippen LogP contribution in [0.25, 0.3) is 0 Å². The molecule has 0 saturated heterocycles. The largest absolute Gasteiger partial charge is 0.478 e. The zero-order valence-corrected chi connectivity index (χ0v) is 11.0. The number of hydrogen-bond acceptors (Lipinski definition) is 4. The molecule has 0 aliphatic rings. The number of aromatic carboxylic acids is 1. The van der Waals surface area contributed by atoms with Gasteiger partial charge >= 0.3 is 5.97 Å². The Kier molecular flexibility index (Phi) is 3.74. The highest BCUT2D eigenvalue weighted by Gasteiger charge is 2.13. The maximum Gasteiger partial charge on any atom is 0.337 e. The van der Waals surface area contributed by atoms with Gasteiger partial charge in [0.05, 0.1) is 11.3 Å². The van der Waals surface area contributed by atoms with Gasteiger partial charge in [0.1, 0.15) is 11.5 Å². The van der Waals surface area contributed by atoms with Gasteiger partial charge in [-0.25, -0.2) is 14.8 Å². The van der Waals surface area contributed by atoms with Crippen molar-refractivity contribution in [3.05, 3.63) is 53.0 Å². The van der Waals surface area contributed by atoms with Crippen molar-refractivity contribution in [1.29, 1.82) is 0 Å². The molecule has 2 aromatic heterocycles. The van der Waals surface area contributed by atoms with E-state index in [1.165, 1.54) is 12.1 Å². The second-order valence-corrected chi connectivity index (χ2v) is 4.31. The lowest BCUT2D eigenvalue weighted by Gasteiger charge is -2.06. The normalized spacial score (nSPS) is 10.1. The minimum absolute atomic E-state index is 0.0787. The van der Waals surface area contributed by atoms with E-state index >= 15 is 0 Å². The summed E-state index contributed by atoms with van der Waals surface area (Å²) < 4.78 is 0. The van der Waals surface area contributed by atoms with Gasteiger partial charge in [-0.05, 0) is 37.6 Å². The molecule has 2 aromatic rings. The number of pyridine rings is 2. The van der Waals surface area contributed by atoms with Gasteiger partial charge in [0.15, 0.2) is 0 Å². The average molecular weight is 271 g/mol. The number of hydrogen-bond donors (Lipinski definition) is 2. The molecule has 2 heterocycles. The third kappa shape index (κ3) is 2.97. The number of nitrogens with zero attached hydrogens (tertiary/aromatic N) is 2. The summed E-state index contributed by atoms with van der Waals surface area (Å²) in [4.78, 5) is 30.9. The Hall–Kier alpha value is -2.76. The monoisotopic (exact) mass is 271 g/mol. The van der Waals surface area contributed by atoms with E-state index in [-0.39, 0.29) is 11.3 Å². The number of carboxylic acid groups (broad SMARTS) is 1. The number of carbonyl (C=O) groups excluding carboxylic acids is 1. The van der Waals surface area contributed by atoms with E-state index in [2.05, 4.69) is 15.3 Å². The predicted octanol–water partition coefficient (Wildman–Crippen LogP) is 2.04. The fourth-order valence-electron chi connectivity index (χ4n) is 1.64. The minimum atomic E-state index is -1.07. The topological polar surface area (TPSA) is 92.2 Å². The highest BCUT2D eigenvalue weighted by molar-refractivity contribution is 6.02. The van der Waals surface area contributed by atoms with Crippen LogP contribution in [0.2, 0.25) is 0 Å². The first-order chi connectivity index (χ1) is 9.47. The molecule has 2 rings (SSSR count). The van der Waals surface area contributed by atoms with Crippen molar-refractivity contribution < 1.29 is 14.7 Å². The van der Waals surface area contributed by atoms with E-state index in [0.29, 0.717) is 11.5 Å². The molecular weight excluding hydrogens is 258 g/mol. The van der Waals surface area contributed by atoms with Crippen molar-refractivity contribution in [1.82, 2.24) is 9.97 Å². The molecule has 0 atom stereocenters. The van der Waals surface area contributed by atoms with Gasteiger partial charge in [-0.1, -0.05) is 6.07 Å². The van der Waals surface area contributed by atoms with Crippen LogP contribution in [0.5, 0.6) is 0 Å². The lowest BCUT2D eigenvalue weighted by atomic mass is 10.2. The average Bonchev–Trinajstić information content (AvgIpc) is 2.40. The van der Waals surface area contributed by atoms with Gasteiger partial charge in [0.25, 0.3) is 5.91 Å². The smallest absolute Gasteiger partial charge is 0.337 e. The Labute approximate surface area is 115 Å². The molecule has 0 fully saturated rings. The van der Waals surface area contributed by atoms with Gasteiger partial charge in [-0.2, -0.15) is 0 Å². The molecule has 6 heteroatoms. The maximum absolute atomic E-state index is 12.0. The molecule has 0 bridgehead atoms. The minimum Gasteiger partial charge on any atom is -0.478 e. The summed E-state index contributed by atoms with van der Waals surface area (Å²) in [5.41, 5.74) is 1.51. The summed E-state index contributed by atoms with van der Waals surface area (Å²) in [5, 5.41) is 11.5. The second kappa shape index (κ2) is 5.48. The Morgan fingerprint density at radius 2 is 1.90 bits per heavy atom. The Morgan fingerprint density at radius 1 is 1.15 bits per heavy atom. The summed E-state index contributed by atoms with van der Waals surface area (Å²) >= 11 is 0. The van der Waals surface area contributed by atoms with Crippen LogP contribution >= 0.6 is 0 Å². The SMILES string of the molecule is Cc1ccc(NC(=O)c2ccc(C(=O)O)c(C)n2)nc1. The molecule has 0 radical (unpaired) electrons. The first-order valence-electron chi connectivity index (χ1n) is 5.92. The van der Waals surface area contributed by atoms with Crippen molar-refractivity contribution in [3.63, 3.8) is 0 Å². The quantitative estimate of drug-likeness (QED) is 0.891. The molecule has 102 valence electrons. The van der Waals surface area contributed by atoms with E-state index < -0.39 is 11.9 Å². The van der Waals surface area contributed by atoms with Gasteiger partial charge < -0.3 is 10.4 Å². The number of carbonyl (C=O) groups is 2. The summed E-state index contributed by atoms with van der Waals surface area (Å²) in [7, 11) is 0. The number of amides is 1. The summed E-state index contributed by atoms with van der Waals surface area (Å²) in [6.07, 6.45) is 1.64. The highest BCUT2D eigenvalue weighted by Crippen LogP contribution is 2.10. The van der Waals surface area contributed by atoms with Crippen molar-refractivity contribution in [2.24, 2.45) is 0 Å². The van der Waals surface area contributed by atoms with Crippen molar-refractivity contribution in [2.75, 3.05) is 5.32 Å². The predicted molar refractivity (Wildman–Crippen MR) is 72.9 cm³/mol. The van der Waals surface area contributed by atoms with Crippen LogP contribution in [-0.2, 0) is 0 Å². The first kappa shape index (κ1) is 13.7. The van der Waals surface area contributed by atoms with E-state index in [4.69, 9.17) is 5.11 Å². The van der Waals surface area contributed by atoms with Gasteiger partial charge in [-0.3, -0.25) is 4.79 Å². The number of carboxylic acids is 1. The zero-order chi connectivity index (χ0) is 14.7. The van der Waals surface area contributed by atoms with E-state index in [1.807, 2.05) is 13.0 Å². The van der Waals surface area contributed by atoms with Crippen LogP contribution in [-0.4, -0.2) is 27.0 Å². The molecule has 20 heavy (non-hydrogen) atoms. The lowest BCUT2D eigenvalue weighted by Crippen LogP contribution is -2.16. The Morgan fingerprint density at radius 3 is 2.45 bits per heavy atom. The summed E-state index contributed by atoms with van der Waals surface area (Å²) in [5.74, 6) is -1.08. The van der Waals surface area contributed by atoms with Gasteiger partial charge in [0.2, 0.25) is 0 Å². The fourth-order valence-corrected chi connectivity index (χ4v) is 1.64.